The number of nitrogens with zero attached hydrogens (tertiary/aromatic N) is 2. The molecule has 1 heterocycles. The summed E-state index contributed by atoms with van der Waals surface area (Å²) in [6.45, 7) is 3.75. The van der Waals surface area contributed by atoms with Crippen molar-refractivity contribution in [3.63, 3.8) is 0 Å². The average Bonchev–Trinajstić information content (AvgIpc) is 2.72. The van der Waals surface area contributed by atoms with Crippen LogP contribution in [0.4, 0.5) is 0 Å². The first-order chi connectivity index (χ1) is 13.0. The molecular formula is C21H26ClN3O3. The van der Waals surface area contributed by atoms with Gasteiger partial charge in [0.25, 0.3) is 5.91 Å². The molecule has 1 fully saturated rings. The van der Waals surface area contributed by atoms with Crippen LogP contribution < -0.4 is 5.73 Å². The summed E-state index contributed by atoms with van der Waals surface area (Å²) in [6.07, 6.45) is 0. The number of carbonyl (C=O) groups is 2. The molecule has 0 aliphatic carbocycles. The zero-order chi connectivity index (χ0) is 19.4. The molecule has 150 valence electrons. The van der Waals surface area contributed by atoms with E-state index in [-0.39, 0.29) is 41.9 Å². The Bertz CT molecular complexity index is 808. The van der Waals surface area contributed by atoms with Crippen LogP contribution in [0, 0.1) is 5.92 Å². The lowest BCUT2D eigenvalue weighted by Gasteiger charge is -2.37. The Kier molecular flexibility index (Phi) is 7.43. The van der Waals surface area contributed by atoms with Crippen molar-refractivity contribution in [3.05, 3.63) is 65.7 Å². The van der Waals surface area contributed by atoms with Gasteiger partial charge in [-0.2, -0.15) is 0 Å². The molecule has 2 atom stereocenters. The van der Waals surface area contributed by atoms with Crippen LogP contribution >= 0.6 is 12.4 Å². The molecule has 0 radical (unpaired) electrons. The van der Waals surface area contributed by atoms with Gasteiger partial charge in [-0.1, -0.05) is 43.3 Å². The van der Waals surface area contributed by atoms with Gasteiger partial charge >= 0.3 is 0 Å². The number of carbonyl (C=O) groups excluding carboxylic acids is 2. The van der Waals surface area contributed by atoms with Gasteiger partial charge in [0.2, 0.25) is 5.91 Å². The van der Waals surface area contributed by atoms with Crippen LogP contribution in [-0.4, -0.2) is 52.9 Å². The number of hydrogen-bond donors (Lipinski definition) is 2. The summed E-state index contributed by atoms with van der Waals surface area (Å²) in [5.74, 6) is -0.387. The number of halogens is 1. The van der Waals surface area contributed by atoms with Crippen LogP contribution in [-0.2, 0) is 4.79 Å². The van der Waals surface area contributed by atoms with E-state index >= 15 is 0 Å². The molecule has 1 aliphatic rings. The highest BCUT2D eigenvalue weighted by atomic mass is 35.5. The van der Waals surface area contributed by atoms with E-state index < -0.39 is 0 Å². The summed E-state index contributed by atoms with van der Waals surface area (Å²) >= 11 is 0. The quantitative estimate of drug-likeness (QED) is 0.820. The largest absolute Gasteiger partial charge is 0.508 e. The second kappa shape index (κ2) is 9.57. The standard InChI is InChI=1S/C21H25N3O3.ClH/c1-15(19(22)16-6-3-2-4-7-16)20(26)23-10-12-24(13-11-23)21(27)17-8-5-9-18(25)14-17;/h2-9,14-15,19,25H,10-13,22H2,1H3;1H. The van der Waals surface area contributed by atoms with E-state index in [9.17, 15) is 14.7 Å². The van der Waals surface area contributed by atoms with E-state index in [1.54, 1.807) is 21.9 Å². The molecule has 0 bridgehead atoms. The molecule has 0 spiro atoms. The Morgan fingerprint density at radius 1 is 0.964 bits per heavy atom. The van der Waals surface area contributed by atoms with Gasteiger partial charge in [0.05, 0.1) is 5.92 Å². The van der Waals surface area contributed by atoms with Crippen molar-refractivity contribution < 1.29 is 14.7 Å². The first kappa shape index (κ1) is 21.7. The molecule has 1 aliphatic heterocycles. The van der Waals surface area contributed by atoms with Crippen molar-refractivity contribution in [2.24, 2.45) is 11.7 Å². The monoisotopic (exact) mass is 403 g/mol. The maximum Gasteiger partial charge on any atom is 0.254 e. The predicted molar refractivity (Wildman–Crippen MR) is 110 cm³/mol. The molecule has 0 saturated carbocycles. The molecule has 2 amide bonds. The highest BCUT2D eigenvalue weighted by Crippen LogP contribution is 2.22. The summed E-state index contributed by atoms with van der Waals surface area (Å²) in [4.78, 5) is 28.8. The van der Waals surface area contributed by atoms with Gasteiger partial charge in [-0.25, -0.2) is 0 Å². The Labute approximate surface area is 171 Å². The van der Waals surface area contributed by atoms with Gasteiger partial charge in [-0.3, -0.25) is 9.59 Å². The zero-order valence-electron chi connectivity index (χ0n) is 15.8. The maximum atomic E-state index is 12.8. The lowest BCUT2D eigenvalue weighted by Crippen LogP contribution is -2.52. The second-order valence-corrected chi connectivity index (χ2v) is 6.89. The molecule has 28 heavy (non-hydrogen) atoms. The molecule has 3 rings (SSSR count). The van der Waals surface area contributed by atoms with Gasteiger partial charge in [-0.15, -0.1) is 12.4 Å². The van der Waals surface area contributed by atoms with Gasteiger partial charge in [-0.05, 0) is 23.8 Å². The highest BCUT2D eigenvalue weighted by Gasteiger charge is 2.30. The van der Waals surface area contributed by atoms with Crippen molar-refractivity contribution in [2.75, 3.05) is 26.2 Å². The van der Waals surface area contributed by atoms with E-state index in [0.717, 1.165) is 5.56 Å². The molecule has 2 unspecified atom stereocenters. The first-order valence-electron chi connectivity index (χ1n) is 9.15. The highest BCUT2D eigenvalue weighted by molar-refractivity contribution is 5.94. The topological polar surface area (TPSA) is 86.9 Å². The number of piperazine rings is 1. The molecule has 0 aromatic heterocycles. The molecule has 6 nitrogen and oxygen atoms in total. The lowest BCUT2D eigenvalue weighted by atomic mass is 9.94. The first-order valence-corrected chi connectivity index (χ1v) is 9.15. The van der Waals surface area contributed by atoms with Crippen molar-refractivity contribution in [1.82, 2.24) is 9.80 Å². The predicted octanol–water partition coefficient (Wildman–Crippen LogP) is 2.43. The summed E-state index contributed by atoms with van der Waals surface area (Å²) < 4.78 is 0. The van der Waals surface area contributed by atoms with Gasteiger partial charge in [0.1, 0.15) is 5.75 Å². The minimum absolute atomic E-state index is 0. The van der Waals surface area contributed by atoms with E-state index in [0.29, 0.717) is 31.7 Å². The van der Waals surface area contributed by atoms with Crippen LogP contribution in [0.25, 0.3) is 0 Å². The van der Waals surface area contributed by atoms with Crippen molar-refractivity contribution in [3.8, 4) is 5.75 Å². The maximum absolute atomic E-state index is 12.8. The molecular weight excluding hydrogens is 378 g/mol. The summed E-state index contributed by atoms with van der Waals surface area (Å²) in [6, 6.07) is 15.6. The minimum atomic E-state index is -0.356. The summed E-state index contributed by atoms with van der Waals surface area (Å²) in [7, 11) is 0. The zero-order valence-corrected chi connectivity index (χ0v) is 16.6. The smallest absolute Gasteiger partial charge is 0.254 e. The van der Waals surface area contributed by atoms with Crippen LogP contribution in [0.5, 0.6) is 5.75 Å². The number of phenols is 1. The molecule has 2 aromatic rings. The average molecular weight is 404 g/mol. The van der Waals surface area contributed by atoms with Crippen molar-refractivity contribution in [1.29, 1.82) is 0 Å². The number of aromatic hydroxyl groups is 1. The molecule has 1 saturated heterocycles. The van der Waals surface area contributed by atoms with Crippen LogP contribution in [0.3, 0.4) is 0 Å². The van der Waals surface area contributed by atoms with Crippen LogP contribution in [0.15, 0.2) is 54.6 Å². The number of phenolic OH excluding ortho intramolecular Hbond substituents is 1. The fourth-order valence-electron chi connectivity index (χ4n) is 3.36. The van der Waals surface area contributed by atoms with E-state index in [1.165, 1.54) is 12.1 Å². The minimum Gasteiger partial charge on any atom is -0.508 e. The lowest BCUT2D eigenvalue weighted by molar-refractivity contribution is -0.137. The number of nitrogens with two attached hydrogens (primary N) is 1. The SMILES string of the molecule is CC(C(=O)N1CCN(C(=O)c2cccc(O)c2)CC1)C(N)c1ccccc1.Cl. The Balaban J connectivity index is 0.00000280. The normalized spacial score (nSPS) is 16.1. The Hall–Kier alpha value is -2.57. The van der Waals surface area contributed by atoms with Crippen molar-refractivity contribution >= 4 is 24.2 Å². The Morgan fingerprint density at radius 2 is 1.57 bits per heavy atom. The number of rotatable bonds is 4. The summed E-state index contributed by atoms with van der Waals surface area (Å²) in [5, 5.41) is 9.55. The molecule has 7 heteroatoms. The third kappa shape index (κ3) is 4.82. The molecule has 3 N–H and O–H groups in total. The summed E-state index contributed by atoms with van der Waals surface area (Å²) in [5.41, 5.74) is 7.67. The fraction of sp³-hybridized carbons (Fsp3) is 0.333. The third-order valence-electron chi connectivity index (χ3n) is 5.08. The van der Waals surface area contributed by atoms with Gasteiger partial charge in [0.15, 0.2) is 0 Å². The number of hydrogen-bond acceptors (Lipinski definition) is 4. The van der Waals surface area contributed by atoms with E-state index in [1.807, 2.05) is 37.3 Å². The van der Waals surface area contributed by atoms with Crippen LogP contribution in [0.2, 0.25) is 0 Å². The second-order valence-electron chi connectivity index (χ2n) is 6.89. The number of benzene rings is 2. The molecule has 2 aromatic carbocycles. The van der Waals surface area contributed by atoms with E-state index in [2.05, 4.69) is 0 Å². The number of amides is 2. The fourth-order valence-corrected chi connectivity index (χ4v) is 3.36. The van der Waals surface area contributed by atoms with E-state index in [4.69, 9.17) is 5.73 Å². The van der Waals surface area contributed by atoms with Crippen molar-refractivity contribution in [2.45, 2.75) is 13.0 Å². The van der Waals surface area contributed by atoms with Crippen LogP contribution in [0.1, 0.15) is 28.9 Å². The van der Waals surface area contributed by atoms with Gasteiger partial charge < -0.3 is 20.6 Å². The third-order valence-corrected chi connectivity index (χ3v) is 5.08. The Morgan fingerprint density at radius 3 is 2.18 bits per heavy atom. The van der Waals surface area contributed by atoms with Gasteiger partial charge in [0, 0.05) is 37.8 Å².